The van der Waals surface area contributed by atoms with Gasteiger partial charge in [-0.25, -0.2) is 9.89 Å². The van der Waals surface area contributed by atoms with Gasteiger partial charge < -0.3 is 15.2 Å². The van der Waals surface area contributed by atoms with E-state index in [2.05, 4.69) is 4.99 Å². The third-order valence-electron chi connectivity index (χ3n) is 3.92. The highest BCUT2D eigenvalue weighted by molar-refractivity contribution is 6.30. The lowest BCUT2D eigenvalue weighted by atomic mass is 10.1. The SMILES string of the molecule is CCOC(=O)CCOc1ccc([N+](=O)[O-])cc1CN(C#N)C(N)=Nc1ccc(Cl)cc1. The first-order valence-corrected chi connectivity index (χ1v) is 9.54. The van der Waals surface area contributed by atoms with Crippen molar-refractivity contribution in [2.75, 3.05) is 13.2 Å². The number of guanidine groups is 1. The van der Waals surface area contributed by atoms with Gasteiger partial charge in [0.25, 0.3) is 5.69 Å². The number of halogens is 1. The Morgan fingerprint density at radius 1 is 1.32 bits per heavy atom. The number of ether oxygens (including phenoxy) is 2. The van der Waals surface area contributed by atoms with E-state index >= 15 is 0 Å². The van der Waals surface area contributed by atoms with Crippen molar-refractivity contribution in [3.8, 4) is 11.9 Å². The fourth-order valence-electron chi connectivity index (χ4n) is 2.47. The Kier molecular flexibility index (Phi) is 8.60. The van der Waals surface area contributed by atoms with Gasteiger partial charge >= 0.3 is 5.97 Å². The number of nitro groups is 1. The van der Waals surface area contributed by atoms with Crippen molar-refractivity contribution in [2.24, 2.45) is 10.7 Å². The Labute approximate surface area is 183 Å². The third kappa shape index (κ3) is 7.17. The van der Waals surface area contributed by atoms with Gasteiger partial charge in [0.15, 0.2) is 6.19 Å². The van der Waals surface area contributed by atoms with Crippen molar-refractivity contribution in [1.29, 1.82) is 5.26 Å². The van der Waals surface area contributed by atoms with E-state index in [1.54, 1.807) is 31.2 Å². The molecule has 0 aliphatic carbocycles. The summed E-state index contributed by atoms with van der Waals surface area (Å²) in [4.78, 5) is 27.3. The molecule has 2 rings (SSSR count). The second-order valence-electron chi connectivity index (χ2n) is 6.09. The van der Waals surface area contributed by atoms with Crippen LogP contribution in [-0.2, 0) is 16.1 Å². The molecule has 0 heterocycles. The number of nitrogens with two attached hydrogens (primary N) is 1. The van der Waals surface area contributed by atoms with Crippen molar-refractivity contribution in [2.45, 2.75) is 19.9 Å². The molecule has 0 aliphatic rings. The summed E-state index contributed by atoms with van der Waals surface area (Å²) in [7, 11) is 0. The number of esters is 1. The summed E-state index contributed by atoms with van der Waals surface area (Å²) in [5.74, 6) is -0.271. The molecule has 162 valence electrons. The van der Waals surface area contributed by atoms with E-state index in [4.69, 9.17) is 26.8 Å². The molecule has 2 aromatic carbocycles. The van der Waals surface area contributed by atoms with Crippen LogP contribution < -0.4 is 10.5 Å². The molecule has 0 bridgehead atoms. The van der Waals surface area contributed by atoms with E-state index in [-0.39, 0.29) is 43.6 Å². The van der Waals surface area contributed by atoms with Crippen molar-refractivity contribution >= 4 is 34.9 Å². The van der Waals surface area contributed by atoms with Crippen molar-refractivity contribution in [3.63, 3.8) is 0 Å². The lowest BCUT2D eigenvalue weighted by Crippen LogP contribution is -2.33. The smallest absolute Gasteiger partial charge is 0.309 e. The molecule has 0 spiro atoms. The number of rotatable bonds is 9. The van der Waals surface area contributed by atoms with E-state index in [1.165, 1.54) is 18.2 Å². The lowest BCUT2D eigenvalue weighted by molar-refractivity contribution is -0.384. The molecule has 11 heteroatoms. The Balaban J connectivity index is 2.23. The number of hydrogen-bond acceptors (Lipinski definition) is 7. The Bertz CT molecular complexity index is 1000. The maximum Gasteiger partial charge on any atom is 0.309 e. The van der Waals surface area contributed by atoms with Gasteiger partial charge in [-0.15, -0.1) is 0 Å². The van der Waals surface area contributed by atoms with Gasteiger partial charge in [0, 0.05) is 22.7 Å². The molecule has 0 radical (unpaired) electrons. The molecular weight excluding hydrogens is 426 g/mol. The van der Waals surface area contributed by atoms with Crippen LogP contribution in [0.4, 0.5) is 11.4 Å². The zero-order chi connectivity index (χ0) is 22.8. The van der Waals surface area contributed by atoms with E-state index in [1.807, 2.05) is 6.19 Å². The average Bonchev–Trinajstić information content (AvgIpc) is 2.74. The monoisotopic (exact) mass is 445 g/mol. The van der Waals surface area contributed by atoms with Gasteiger partial charge in [0.05, 0.1) is 36.8 Å². The molecule has 2 N–H and O–H groups in total. The number of hydrogen-bond donors (Lipinski definition) is 1. The summed E-state index contributed by atoms with van der Waals surface area (Å²) in [6.45, 7) is 1.82. The van der Waals surface area contributed by atoms with Crippen LogP contribution in [0.1, 0.15) is 18.9 Å². The molecule has 0 unspecified atom stereocenters. The number of carbonyl (C=O) groups excluding carboxylic acids is 1. The largest absolute Gasteiger partial charge is 0.493 e. The molecular formula is C20H20ClN5O5. The van der Waals surface area contributed by atoms with Crippen molar-refractivity contribution in [1.82, 2.24) is 4.90 Å². The van der Waals surface area contributed by atoms with Crippen molar-refractivity contribution in [3.05, 3.63) is 63.2 Å². The van der Waals surface area contributed by atoms with Crippen LogP contribution >= 0.6 is 11.6 Å². The summed E-state index contributed by atoms with van der Waals surface area (Å²) in [6, 6.07) is 10.5. The first-order valence-electron chi connectivity index (χ1n) is 9.16. The number of nitrogens with zero attached hydrogens (tertiary/aromatic N) is 4. The van der Waals surface area contributed by atoms with E-state index in [0.717, 1.165) is 4.90 Å². The van der Waals surface area contributed by atoms with Crippen LogP contribution in [0, 0.1) is 21.6 Å². The maximum atomic E-state index is 11.5. The number of carbonyl (C=O) groups is 1. The van der Waals surface area contributed by atoms with Gasteiger partial charge in [-0.1, -0.05) is 11.6 Å². The maximum absolute atomic E-state index is 11.5. The van der Waals surface area contributed by atoms with E-state index in [9.17, 15) is 20.2 Å². The number of aliphatic imine (C=N–C) groups is 1. The van der Waals surface area contributed by atoms with Gasteiger partial charge in [0.2, 0.25) is 5.96 Å². The van der Waals surface area contributed by atoms with Crippen LogP contribution in [0.5, 0.6) is 5.75 Å². The molecule has 0 amide bonds. The second-order valence-corrected chi connectivity index (χ2v) is 6.52. The summed E-state index contributed by atoms with van der Waals surface area (Å²) in [5.41, 5.74) is 6.58. The fourth-order valence-corrected chi connectivity index (χ4v) is 2.59. The van der Waals surface area contributed by atoms with E-state index < -0.39 is 10.9 Å². The van der Waals surface area contributed by atoms with Crippen LogP contribution in [0.25, 0.3) is 0 Å². The van der Waals surface area contributed by atoms with Gasteiger partial charge in [-0.2, -0.15) is 5.26 Å². The fraction of sp³-hybridized carbons (Fsp3) is 0.250. The number of benzene rings is 2. The third-order valence-corrected chi connectivity index (χ3v) is 4.17. The highest BCUT2D eigenvalue weighted by Crippen LogP contribution is 2.26. The van der Waals surface area contributed by atoms with Crippen LogP contribution in [0.15, 0.2) is 47.5 Å². The predicted octanol–water partition coefficient (Wildman–Crippen LogP) is 3.51. The topological polar surface area (TPSA) is 144 Å². The van der Waals surface area contributed by atoms with Crippen molar-refractivity contribution < 1.29 is 19.2 Å². The molecule has 31 heavy (non-hydrogen) atoms. The first-order chi connectivity index (χ1) is 14.8. The molecule has 0 saturated heterocycles. The lowest BCUT2D eigenvalue weighted by Gasteiger charge is -2.17. The molecule has 10 nitrogen and oxygen atoms in total. The van der Waals surface area contributed by atoms with Crippen LogP contribution in [-0.4, -0.2) is 35.0 Å². The zero-order valence-electron chi connectivity index (χ0n) is 16.7. The van der Waals surface area contributed by atoms with Crippen LogP contribution in [0.2, 0.25) is 5.02 Å². The van der Waals surface area contributed by atoms with Gasteiger partial charge in [-0.05, 0) is 37.3 Å². The highest BCUT2D eigenvalue weighted by Gasteiger charge is 2.17. The molecule has 0 aromatic heterocycles. The zero-order valence-corrected chi connectivity index (χ0v) is 17.4. The number of nitro benzene ring substituents is 1. The summed E-state index contributed by atoms with van der Waals surface area (Å²) < 4.78 is 10.4. The van der Waals surface area contributed by atoms with Gasteiger partial charge in [-0.3, -0.25) is 14.9 Å². The van der Waals surface area contributed by atoms with Gasteiger partial charge in [0.1, 0.15) is 5.75 Å². The molecule has 2 aromatic rings. The highest BCUT2D eigenvalue weighted by atomic mass is 35.5. The summed E-state index contributed by atoms with van der Waals surface area (Å²) in [6.07, 6.45) is 1.91. The Morgan fingerprint density at radius 3 is 2.65 bits per heavy atom. The molecule has 0 fully saturated rings. The molecule has 0 atom stereocenters. The quantitative estimate of drug-likeness (QED) is 0.117. The normalized spacial score (nSPS) is 10.8. The Hall–Kier alpha value is -3.84. The minimum atomic E-state index is -0.562. The summed E-state index contributed by atoms with van der Waals surface area (Å²) >= 11 is 5.84. The average molecular weight is 446 g/mol. The minimum absolute atomic E-state index is 0.00451. The predicted molar refractivity (Wildman–Crippen MR) is 114 cm³/mol. The molecule has 0 aliphatic heterocycles. The standard InChI is InChI=1S/C20H20ClN5O5/c1-2-30-19(27)9-10-31-18-8-7-17(26(28)29)11-14(18)12-25(13-22)20(23)24-16-5-3-15(21)4-6-16/h3-8,11H,2,9-10,12H2,1H3,(H2,23,24). The minimum Gasteiger partial charge on any atom is -0.493 e. The van der Waals surface area contributed by atoms with E-state index in [0.29, 0.717) is 16.3 Å². The summed E-state index contributed by atoms with van der Waals surface area (Å²) in [5, 5.41) is 21.2. The number of non-ortho nitro benzene ring substituents is 1. The molecule has 0 saturated carbocycles. The first kappa shape index (κ1) is 23.4. The second kappa shape index (κ2) is 11.4. The Morgan fingerprint density at radius 2 is 2.03 bits per heavy atom. The van der Waals surface area contributed by atoms with Crippen LogP contribution in [0.3, 0.4) is 0 Å². The number of nitriles is 1.